The van der Waals surface area contributed by atoms with E-state index < -0.39 is 5.97 Å². The van der Waals surface area contributed by atoms with E-state index in [9.17, 15) is 4.79 Å². The third-order valence-electron chi connectivity index (χ3n) is 3.28. The van der Waals surface area contributed by atoms with Gasteiger partial charge in [-0.25, -0.2) is 9.78 Å². The van der Waals surface area contributed by atoms with Crippen molar-refractivity contribution in [1.82, 2.24) is 14.5 Å². The summed E-state index contributed by atoms with van der Waals surface area (Å²) in [5.74, 6) is -0.984. The molecule has 0 aliphatic heterocycles. The molecule has 0 spiro atoms. The van der Waals surface area contributed by atoms with Gasteiger partial charge in [0.15, 0.2) is 5.58 Å². The van der Waals surface area contributed by atoms with Crippen molar-refractivity contribution < 1.29 is 14.3 Å². The van der Waals surface area contributed by atoms with E-state index in [2.05, 4.69) is 9.97 Å². The second-order valence-electron chi connectivity index (χ2n) is 4.59. The second kappa shape index (κ2) is 4.17. The molecule has 0 saturated carbocycles. The van der Waals surface area contributed by atoms with Gasteiger partial charge in [0.25, 0.3) is 0 Å². The number of para-hydroxylation sites is 2. The Morgan fingerprint density at radius 2 is 2.00 bits per heavy atom. The van der Waals surface area contributed by atoms with Gasteiger partial charge in [0.05, 0.1) is 16.6 Å². The summed E-state index contributed by atoms with van der Waals surface area (Å²) in [6.45, 7) is 0. The topological polar surface area (TPSA) is 81.1 Å². The lowest BCUT2D eigenvalue weighted by Crippen LogP contribution is -1.97. The number of fused-ring (bicyclic) bond motifs is 2. The Labute approximate surface area is 118 Å². The molecule has 6 heteroatoms. The summed E-state index contributed by atoms with van der Waals surface area (Å²) < 4.78 is 7.33. The van der Waals surface area contributed by atoms with Gasteiger partial charge in [0.2, 0.25) is 0 Å². The van der Waals surface area contributed by atoms with Crippen LogP contribution in [0.3, 0.4) is 0 Å². The Balaban J connectivity index is 1.96. The smallest absolute Gasteiger partial charge is 0.335 e. The van der Waals surface area contributed by atoms with Gasteiger partial charge in [-0.2, -0.15) is 4.98 Å². The number of carboxylic acid groups (broad SMARTS) is 1. The Morgan fingerprint density at radius 1 is 1.14 bits per heavy atom. The first-order valence-electron chi connectivity index (χ1n) is 6.29. The number of carbonyl (C=O) groups is 1. The maximum Gasteiger partial charge on any atom is 0.335 e. The summed E-state index contributed by atoms with van der Waals surface area (Å²) >= 11 is 0. The molecule has 0 amide bonds. The van der Waals surface area contributed by atoms with Crippen molar-refractivity contribution in [3.8, 4) is 6.01 Å². The van der Waals surface area contributed by atoms with Crippen LogP contribution in [0.5, 0.6) is 0 Å². The summed E-state index contributed by atoms with van der Waals surface area (Å²) in [5, 5.41) is 9.09. The molecule has 21 heavy (non-hydrogen) atoms. The number of aromatic nitrogens is 3. The summed E-state index contributed by atoms with van der Waals surface area (Å²) in [4.78, 5) is 19.7. The van der Waals surface area contributed by atoms with Crippen LogP contribution in [0.25, 0.3) is 28.1 Å². The van der Waals surface area contributed by atoms with E-state index in [1.54, 1.807) is 23.0 Å². The van der Waals surface area contributed by atoms with Crippen LogP contribution in [0, 0.1) is 0 Å². The van der Waals surface area contributed by atoms with Gasteiger partial charge in [0.1, 0.15) is 11.8 Å². The predicted molar refractivity (Wildman–Crippen MR) is 75.6 cm³/mol. The van der Waals surface area contributed by atoms with Gasteiger partial charge in [-0.05, 0) is 30.3 Å². The number of nitrogens with zero attached hydrogens (tertiary/aromatic N) is 3. The first kappa shape index (κ1) is 11.7. The minimum Gasteiger partial charge on any atom is -0.478 e. The van der Waals surface area contributed by atoms with E-state index in [0.717, 1.165) is 5.52 Å². The molecule has 2 aromatic carbocycles. The Bertz CT molecular complexity index is 951. The summed E-state index contributed by atoms with van der Waals surface area (Å²) in [6, 6.07) is 12.5. The third-order valence-corrected chi connectivity index (χ3v) is 3.28. The number of carboxylic acids is 1. The van der Waals surface area contributed by atoms with Crippen molar-refractivity contribution in [2.45, 2.75) is 0 Å². The number of imidazole rings is 1. The van der Waals surface area contributed by atoms with Gasteiger partial charge in [0, 0.05) is 0 Å². The van der Waals surface area contributed by atoms with Crippen LogP contribution in [-0.4, -0.2) is 25.6 Å². The van der Waals surface area contributed by atoms with Crippen LogP contribution in [-0.2, 0) is 0 Å². The van der Waals surface area contributed by atoms with E-state index in [4.69, 9.17) is 9.52 Å². The molecule has 4 aromatic rings. The SMILES string of the molecule is O=C(O)c1ccc2ncn(-c3nc4ccccc4o3)c2c1. The van der Waals surface area contributed by atoms with Crippen LogP contribution in [0.1, 0.15) is 10.4 Å². The fourth-order valence-corrected chi connectivity index (χ4v) is 2.26. The fourth-order valence-electron chi connectivity index (χ4n) is 2.26. The maximum absolute atomic E-state index is 11.1. The molecule has 0 bridgehead atoms. The van der Waals surface area contributed by atoms with E-state index in [1.807, 2.05) is 24.3 Å². The Morgan fingerprint density at radius 3 is 2.81 bits per heavy atom. The molecule has 4 rings (SSSR count). The first-order chi connectivity index (χ1) is 10.2. The van der Waals surface area contributed by atoms with Crippen molar-refractivity contribution in [2.24, 2.45) is 0 Å². The van der Waals surface area contributed by atoms with Crippen molar-refractivity contribution in [2.75, 3.05) is 0 Å². The van der Waals surface area contributed by atoms with Gasteiger partial charge in [-0.3, -0.25) is 4.57 Å². The number of oxazole rings is 1. The molecule has 0 saturated heterocycles. The Kier molecular flexibility index (Phi) is 2.32. The molecule has 0 aliphatic carbocycles. The normalized spacial score (nSPS) is 11.2. The van der Waals surface area contributed by atoms with Gasteiger partial charge in [-0.15, -0.1) is 0 Å². The molecule has 0 fully saturated rings. The molecule has 2 aromatic heterocycles. The Hall–Kier alpha value is -3.15. The minimum atomic E-state index is -0.984. The van der Waals surface area contributed by atoms with Gasteiger partial charge >= 0.3 is 12.0 Å². The maximum atomic E-state index is 11.1. The lowest BCUT2D eigenvalue weighted by Gasteiger charge is -1.99. The van der Waals surface area contributed by atoms with Crippen LogP contribution < -0.4 is 0 Å². The number of hydrogen-bond acceptors (Lipinski definition) is 4. The first-order valence-corrected chi connectivity index (χ1v) is 6.29. The zero-order valence-electron chi connectivity index (χ0n) is 10.7. The van der Waals surface area contributed by atoms with E-state index in [1.165, 1.54) is 6.07 Å². The van der Waals surface area contributed by atoms with E-state index in [0.29, 0.717) is 22.6 Å². The lowest BCUT2D eigenvalue weighted by molar-refractivity contribution is 0.0697. The number of hydrogen-bond donors (Lipinski definition) is 1. The summed E-state index contributed by atoms with van der Waals surface area (Å²) in [7, 11) is 0. The molecule has 6 nitrogen and oxygen atoms in total. The number of benzene rings is 2. The van der Waals surface area contributed by atoms with Crippen molar-refractivity contribution >= 4 is 28.1 Å². The average molecular weight is 279 g/mol. The van der Waals surface area contributed by atoms with E-state index in [-0.39, 0.29) is 5.56 Å². The number of rotatable bonds is 2. The quantitative estimate of drug-likeness (QED) is 0.610. The minimum absolute atomic E-state index is 0.195. The van der Waals surface area contributed by atoms with Crippen molar-refractivity contribution in [3.63, 3.8) is 0 Å². The zero-order valence-corrected chi connectivity index (χ0v) is 10.7. The average Bonchev–Trinajstić information content (AvgIpc) is 3.09. The largest absolute Gasteiger partial charge is 0.478 e. The van der Waals surface area contributed by atoms with Crippen LogP contribution in [0.4, 0.5) is 0 Å². The molecule has 1 N–H and O–H groups in total. The monoisotopic (exact) mass is 279 g/mol. The van der Waals surface area contributed by atoms with Crippen LogP contribution in [0.15, 0.2) is 53.2 Å². The van der Waals surface area contributed by atoms with Crippen molar-refractivity contribution in [3.05, 3.63) is 54.4 Å². The van der Waals surface area contributed by atoms with Crippen LogP contribution >= 0.6 is 0 Å². The fraction of sp³-hybridized carbons (Fsp3) is 0. The highest BCUT2D eigenvalue weighted by molar-refractivity contribution is 5.92. The molecule has 0 atom stereocenters. The predicted octanol–water partition coefficient (Wildman–Crippen LogP) is 2.86. The zero-order chi connectivity index (χ0) is 14.4. The summed E-state index contributed by atoms with van der Waals surface area (Å²) in [5.41, 5.74) is 2.93. The van der Waals surface area contributed by atoms with E-state index >= 15 is 0 Å². The second-order valence-corrected chi connectivity index (χ2v) is 4.59. The molecular weight excluding hydrogens is 270 g/mol. The highest BCUT2D eigenvalue weighted by Crippen LogP contribution is 2.22. The standard InChI is InChI=1S/C15H9N3O3/c19-14(20)9-5-6-10-12(7-9)18(8-16-10)15-17-11-3-1-2-4-13(11)21-15/h1-8H,(H,19,20). The highest BCUT2D eigenvalue weighted by Gasteiger charge is 2.13. The molecule has 0 unspecified atom stereocenters. The van der Waals surface area contributed by atoms with Gasteiger partial charge < -0.3 is 9.52 Å². The lowest BCUT2D eigenvalue weighted by atomic mass is 10.2. The van der Waals surface area contributed by atoms with Crippen molar-refractivity contribution in [1.29, 1.82) is 0 Å². The third kappa shape index (κ3) is 1.77. The molecule has 0 aliphatic rings. The van der Waals surface area contributed by atoms with Gasteiger partial charge in [-0.1, -0.05) is 12.1 Å². The molecule has 0 radical (unpaired) electrons. The number of aromatic carboxylic acids is 1. The summed E-state index contributed by atoms with van der Waals surface area (Å²) in [6.07, 6.45) is 1.57. The molecule has 102 valence electrons. The molecular formula is C15H9N3O3. The van der Waals surface area contributed by atoms with Crippen LogP contribution in [0.2, 0.25) is 0 Å². The highest BCUT2D eigenvalue weighted by atomic mass is 16.4. The molecule has 2 heterocycles.